The maximum Gasteiger partial charge on any atom is 0.227 e. The molecule has 1 aliphatic rings. The van der Waals surface area contributed by atoms with Crippen LogP contribution in [0.3, 0.4) is 0 Å². The molecule has 1 aliphatic heterocycles. The molecule has 1 aromatic carbocycles. The van der Waals surface area contributed by atoms with Crippen molar-refractivity contribution < 1.29 is 9.90 Å². The molecule has 0 atom stereocenters. The van der Waals surface area contributed by atoms with Crippen LogP contribution in [0.4, 0.5) is 5.69 Å². The second kappa shape index (κ2) is 4.98. The number of β-amino-alcohol motifs (C(OH)–C–C–N with tert-alkyl or cyclic N) is 1. The van der Waals surface area contributed by atoms with Crippen molar-refractivity contribution in [1.82, 2.24) is 4.90 Å². The fourth-order valence-corrected chi connectivity index (χ4v) is 2.45. The third-order valence-corrected chi connectivity index (χ3v) is 3.34. The Morgan fingerprint density at radius 1 is 1.50 bits per heavy atom. The van der Waals surface area contributed by atoms with Gasteiger partial charge in [0, 0.05) is 5.69 Å². The molecule has 1 amide bonds. The Morgan fingerprint density at radius 2 is 2.22 bits per heavy atom. The Hall–Kier alpha value is -1.55. The monoisotopic (exact) mass is 248 g/mol. The molecular weight excluding hydrogens is 228 g/mol. The Balaban J connectivity index is 1.87. The number of amides is 1. The summed E-state index contributed by atoms with van der Waals surface area (Å²) in [6.45, 7) is 2.96. The Kier molecular flexibility index (Phi) is 3.57. The summed E-state index contributed by atoms with van der Waals surface area (Å²) >= 11 is 0. The summed E-state index contributed by atoms with van der Waals surface area (Å²) in [7, 11) is 0. The van der Waals surface area contributed by atoms with Crippen molar-refractivity contribution >= 4 is 11.6 Å². The minimum absolute atomic E-state index is 0.0568. The first-order chi connectivity index (χ1) is 8.52. The average molecular weight is 248 g/mol. The predicted molar refractivity (Wildman–Crippen MR) is 71.0 cm³/mol. The average Bonchev–Trinajstić information content (AvgIpc) is 2.26. The van der Waals surface area contributed by atoms with Gasteiger partial charge in [0.05, 0.1) is 25.1 Å². The van der Waals surface area contributed by atoms with Crippen LogP contribution in [-0.2, 0) is 11.2 Å². The molecule has 1 saturated heterocycles. The largest absolute Gasteiger partial charge is 0.399 e. The van der Waals surface area contributed by atoms with E-state index in [1.165, 1.54) is 0 Å². The molecule has 4 heteroatoms. The number of nitrogen functional groups attached to an aromatic ring is 1. The zero-order valence-corrected chi connectivity index (χ0v) is 10.7. The van der Waals surface area contributed by atoms with Crippen LogP contribution in [0, 0.1) is 0 Å². The van der Waals surface area contributed by atoms with E-state index in [-0.39, 0.29) is 5.91 Å². The van der Waals surface area contributed by atoms with Gasteiger partial charge in [0.25, 0.3) is 0 Å². The first kappa shape index (κ1) is 12.9. The minimum atomic E-state index is -0.653. The maximum atomic E-state index is 12.0. The predicted octanol–water partition coefficient (Wildman–Crippen LogP) is 1.18. The molecule has 2 rings (SSSR count). The van der Waals surface area contributed by atoms with Gasteiger partial charge in [-0.15, -0.1) is 0 Å². The number of carbonyl (C=O) groups is 1. The molecule has 98 valence electrons. The van der Waals surface area contributed by atoms with E-state index in [1.807, 2.05) is 25.1 Å². The van der Waals surface area contributed by atoms with Gasteiger partial charge in [0.1, 0.15) is 0 Å². The fourth-order valence-electron chi connectivity index (χ4n) is 2.45. The van der Waals surface area contributed by atoms with Crippen LogP contribution in [0.1, 0.15) is 25.3 Å². The topological polar surface area (TPSA) is 66.6 Å². The van der Waals surface area contributed by atoms with E-state index in [9.17, 15) is 9.90 Å². The summed E-state index contributed by atoms with van der Waals surface area (Å²) in [6.07, 6.45) is 2.05. The van der Waals surface area contributed by atoms with Gasteiger partial charge in [-0.2, -0.15) is 0 Å². The highest BCUT2D eigenvalue weighted by Gasteiger charge is 2.42. The van der Waals surface area contributed by atoms with Crippen LogP contribution >= 0.6 is 0 Å². The maximum absolute atomic E-state index is 12.0. The van der Waals surface area contributed by atoms with E-state index in [1.54, 1.807) is 11.0 Å². The number of benzene rings is 1. The third kappa shape index (κ3) is 2.82. The van der Waals surface area contributed by atoms with Gasteiger partial charge in [-0.25, -0.2) is 0 Å². The number of aliphatic hydroxyl groups is 1. The molecule has 4 nitrogen and oxygen atoms in total. The molecule has 0 unspecified atom stereocenters. The van der Waals surface area contributed by atoms with E-state index < -0.39 is 5.60 Å². The van der Waals surface area contributed by atoms with Crippen LogP contribution in [0.5, 0.6) is 0 Å². The van der Waals surface area contributed by atoms with E-state index in [0.717, 1.165) is 18.4 Å². The second-order valence-electron chi connectivity index (χ2n) is 5.15. The van der Waals surface area contributed by atoms with Gasteiger partial charge < -0.3 is 15.7 Å². The van der Waals surface area contributed by atoms with E-state index >= 15 is 0 Å². The number of nitrogens with zero attached hydrogens (tertiary/aromatic N) is 1. The van der Waals surface area contributed by atoms with E-state index in [4.69, 9.17) is 5.73 Å². The van der Waals surface area contributed by atoms with E-state index in [2.05, 4.69) is 0 Å². The normalized spacial score (nSPS) is 17.3. The van der Waals surface area contributed by atoms with Crippen LogP contribution in [0.25, 0.3) is 0 Å². The highest BCUT2D eigenvalue weighted by molar-refractivity contribution is 5.80. The van der Waals surface area contributed by atoms with Crippen molar-refractivity contribution in [3.63, 3.8) is 0 Å². The zero-order chi connectivity index (χ0) is 13.2. The first-order valence-corrected chi connectivity index (χ1v) is 6.37. The number of rotatable bonds is 4. The van der Waals surface area contributed by atoms with Gasteiger partial charge in [-0.1, -0.05) is 25.5 Å². The minimum Gasteiger partial charge on any atom is -0.399 e. The Bertz CT molecular complexity index is 439. The molecule has 0 aliphatic carbocycles. The SMILES string of the molecule is CCCC1(O)CN(C(=O)Cc2cccc(N)c2)C1. The molecular formula is C14H20N2O2. The lowest BCUT2D eigenvalue weighted by atomic mass is 9.89. The van der Waals surface area contributed by atoms with Crippen molar-refractivity contribution in [3.05, 3.63) is 29.8 Å². The van der Waals surface area contributed by atoms with Crippen molar-refractivity contribution in [2.24, 2.45) is 0 Å². The number of anilines is 1. The molecule has 1 aromatic rings. The van der Waals surface area contributed by atoms with Gasteiger partial charge in [0.2, 0.25) is 5.91 Å². The molecule has 0 aromatic heterocycles. The smallest absolute Gasteiger partial charge is 0.227 e. The van der Waals surface area contributed by atoms with Crippen LogP contribution in [0.15, 0.2) is 24.3 Å². The Labute approximate surface area is 107 Å². The first-order valence-electron chi connectivity index (χ1n) is 6.37. The third-order valence-electron chi connectivity index (χ3n) is 3.34. The number of likely N-dealkylation sites (tertiary alicyclic amines) is 1. The van der Waals surface area contributed by atoms with Gasteiger partial charge in [-0.05, 0) is 24.1 Å². The molecule has 0 spiro atoms. The van der Waals surface area contributed by atoms with Crippen LogP contribution in [-0.4, -0.2) is 34.6 Å². The molecule has 0 bridgehead atoms. The van der Waals surface area contributed by atoms with Crippen LogP contribution in [0.2, 0.25) is 0 Å². The summed E-state index contributed by atoms with van der Waals surface area (Å²) in [5.41, 5.74) is 6.62. The lowest BCUT2D eigenvalue weighted by Gasteiger charge is -2.46. The molecule has 0 radical (unpaired) electrons. The molecule has 0 saturated carbocycles. The number of carbonyl (C=O) groups excluding carboxylic acids is 1. The quantitative estimate of drug-likeness (QED) is 0.786. The molecule has 1 fully saturated rings. The standard InChI is InChI=1S/C14H20N2O2/c1-2-6-14(18)9-16(10-14)13(17)8-11-4-3-5-12(15)7-11/h3-5,7,18H,2,6,8-10,15H2,1H3. The Morgan fingerprint density at radius 3 is 2.83 bits per heavy atom. The molecule has 1 heterocycles. The van der Waals surface area contributed by atoms with Crippen LogP contribution < -0.4 is 5.73 Å². The van der Waals surface area contributed by atoms with E-state index in [0.29, 0.717) is 25.2 Å². The van der Waals surface area contributed by atoms with Gasteiger partial charge in [0.15, 0.2) is 0 Å². The summed E-state index contributed by atoms with van der Waals surface area (Å²) in [5.74, 6) is 0.0568. The summed E-state index contributed by atoms with van der Waals surface area (Å²) < 4.78 is 0. The summed E-state index contributed by atoms with van der Waals surface area (Å²) in [4.78, 5) is 13.7. The lowest BCUT2D eigenvalue weighted by molar-refractivity contribution is -0.155. The highest BCUT2D eigenvalue weighted by atomic mass is 16.3. The molecule has 3 N–H and O–H groups in total. The lowest BCUT2D eigenvalue weighted by Crippen LogP contribution is -2.63. The summed E-state index contributed by atoms with van der Waals surface area (Å²) in [5, 5.41) is 10.0. The van der Waals surface area contributed by atoms with Crippen molar-refractivity contribution in [1.29, 1.82) is 0 Å². The fraction of sp³-hybridized carbons (Fsp3) is 0.500. The van der Waals surface area contributed by atoms with Gasteiger partial charge >= 0.3 is 0 Å². The number of hydrogen-bond acceptors (Lipinski definition) is 3. The van der Waals surface area contributed by atoms with Crippen molar-refractivity contribution in [2.45, 2.75) is 31.8 Å². The number of nitrogens with two attached hydrogens (primary N) is 1. The molecule has 18 heavy (non-hydrogen) atoms. The number of hydrogen-bond donors (Lipinski definition) is 2. The highest BCUT2D eigenvalue weighted by Crippen LogP contribution is 2.26. The van der Waals surface area contributed by atoms with Crippen molar-refractivity contribution in [3.8, 4) is 0 Å². The van der Waals surface area contributed by atoms with Gasteiger partial charge in [-0.3, -0.25) is 4.79 Å². The van der Waals surface area contributed by atoms with Crippen molar-refractivity contribution in [2.75, 3.05) is 18.8 Å². The zero-order valence-electron chi connectivity index (χ0n) is 10.7. The summed E-state index contributed by atoms with van der Waals surface area (Å²) in [6, 6.07) is 7.36. The second-order valence-corrected chi connectivity index (χ2v) is 5.15.